The number of nitrogens with one attached hydrogen (secondary N) is 1. The van der Waals surface area contributed by atoms with Crippen LogP contribution in [0.4, 0.5) is 5.69 Å². The molecule has 0 saturated carbocycles. The summed E-state index contributed by atoms with van der Waals surface area (Å²) in [5, 5.41) is 3.03. The summed E-state index contributed by atoms with van der Waals surface area (Å²) in [4.78, 5) is 17.7. The highest BCUT2D eigenvalue weighted by atomic mass is 32.2. The number of carbonyl (C=O) groups is 1. The lowest BCUT2D eigenvalue weighted by molar-refractivity contribution is -0.118. The van der Waals surface area contributed by atoms with E-state index in [1.54, 1.807) is 24.3 Å². The van der Waals surface area contributed by atoms with Gasteiger partial charge in [-0.1, -0.05) is 37.3 Å². The lowest BCUT2D eigenvalue weighted by Crippen LogP contribution is -2.22. The van der Waals surface area contributed by atoms with Crippen molar-refractivity contribution in [1.82, 2.24) is 9.55 Å². The van der Waals surface area contributed by atoms with E-state index in [1.807, 2.05) is 60.2 Å². The first-order chi connectivity index (χ1) is 11.7. The van der Waals surface area contributed by atoms with E-state index < -0.39 is 0 Å². The first-order valence-corrected chi connectivity index (χ1v) is 8.78. The van der Waals surface area contributed by atoms with Gasteiger partial charge in [-0.15, -0.1) is 11.8 Å². The summed E-state index contributed by atoms with van der Waals surface area (Å²) in [5.41, 5.74) is 1.70. The van der Waals surface area contributed by atoms with Gasteiger partial charge in [0.05, 0.1) is 17.7 Å². The van der Waals surface area contributed by atoms with Crippen LogP contribution in [0, 0.1) is 5.92 Å². The first-order valence-electron chi connectivity index (χ1n) is 7.80. The summed E-state index contributed by atoms with van der Waals surface area (Å²) in [6, 6.07) is 17.9. The molecular formula is C19H19N3OS. The van der Waals surface area contributed by atoms with Gasteiger partial charge in [-0.05, 0) is 24.3 Å². The van der Waals surface area contributed by atoms with Crippen LogP contribution in [0.15, 0.2) is 78.2 Å². The number of nitrogens with zero attached hydrogens (tertiary/aromatic N) is 2. The Balaban J connectivity index is 1.64. The van der Waals surface area contributed by atoms with Crippen molar-refractivity contribution in [1.29, 1.82) is 0 Å². The van der Waals surface area contributed by atoms with Crippen molar-refractivity contribution in [2.75, 3.05) is 11.1 Å². The number of aromatic nitrogens is 2. The van der Waals surface area contributed by atoms with Gasteiger partial charge >= 0.3 is 0 Å². The summed E-state index contributed by atoms with van der Waals surface area (Å²) in [6.45, 7) is 1.95. The zero-order valence-electron chi connectivity index (χ0n) is 13.4. The molecule has 1 aromatic heterocycles. The maximum atomic E-state index is 12.5. The van der Waals surface area contributed by atoms with E-state index >= 15 is 0 Å². The molecule has 1 atom stereocenters. The van der Waals surface area contributed by atoms with Gasteiger partial charge < -0.3 is 9.88 Å². The molecule has 1 N–H and O–H groups in total. The molecule has 122 valence electrons. The van der Waals surface area contributed by atoms with Crippen LogP contribution in [0.3, 0.4) is 0 Å². The molecule has 4 nitrogen and oxygen atoms in total. The molecule has 1 heterocycles. The normalized spacial score (nSPS) is 11.9. The Morgan fingerprint density at radius 3 is 2.67 bits per heavy atom. The fourth-order valence-electron chi connectivity index (χ4n) is 2.28. The number of benzene rings is 2. The molecule has 0 aliphatic rings. The van der Waals surface area contributed by atoms with E-state index in [9.17, 15) is 4.79 Å². The van der Waals surface area contributed by atoms with Crippen LogP contribution in [-0.2, 0) is 4.79 Å². The second-order valence-corrected chi connectivity index (χ2v) is 6.59. The Bertz CT molecular complexity index is 787. The standard InChI is InChI=1S/C19H19N3OS/c1-15(13-24-16-7-3-2-4-8-16)19(23)21-17-9-5-6-10-18(17)22-12-11-20-14-22/h2-12,14-15H,13H2,1H3,(H,21,23). The van der Waals surface area contributed by atoms with Crippen LogP contribution < -0.4 is 5.32 Å². The fourth-order valence-corrected chi connectivity index (χ4v) is 3.22. The predicted octanol–water partition coefficient (Wildman–Crippen LogP) is 4.24. The van der Waals surface area contributed by atoms with Gasteiger partial charge in [0, 0.05) is 29.0 Å². The van der Waals surface area contributed by atoms with Crippen LogP contribution >= 0.6 is 11.8 Å². The van der Waals surface area contributed by atoms with Gasteiger partial charge in [0.2, 0.25) is 5.91 Å². The molecule has 0 aliphatic carbocycles. The number of carbonyl (C=O) groups excluding carboxylic acids is 1. The smallest absolute Gasteiger partial charge is 0.228 e. The van der Waals surface area contributed by atoms with Gasteiger partial charge in [0.25, 0.3) is 0 Å². The molecule has 0 fully saturated rings. The number of amides is 1. The van der Waals surface area contributed by atoms with Crippen molar-refractivity contribution in [3.8, 4) is 5.69 Å². The van der Waals surface area contributed by atoms with E-state index in [4.69, 9.17) is 0 Å². The Kier molecular flexibility index (Phi) is 5.33. The maximum Gasteiger partial charge on any atom is 0.228 e. The predicted molar refractivity (Wildman–Crippen MR) is 98.5 cm³/mol. The highest BCUT2D eigenvalue weighted by molar-refractivity contribution is 7.99. The Labute approximate surface area is 145 Å². The second-order valence-electron chi connectivity index (χ2n) is 5.50. The number of hydrogen-bond acceptors (Lipinski definition) is 3. The average molecular weight is 337 g/mol. The molecule has 2 aromatic carbocycles. The van der Waals surface area contributed by atoms with Crippen molar-refractivity contribution in [3.05, 3.63) is 73.3 Å². The zero-order valence-corrected chi connectivity index (χ0v) is 14.2. The lowest BCUT2D eigenvalue weighted by atomic mass is 10.2. The molecule has 0 spiro atoms. The van der Waals surface area contributed by atoms with Gasteiger partial charge in [0.1, 0.15) is 0 Å². The van der Waals surface area contributed by atoms with Crippen LogP contribution in [0.2, 0.25) is 0 Å². The molecule has 0 radical (unpaired) electrons. The largest absolute Gasteiger partial charge is 0.324 e. The van der Waals surface area contributed by atoms with Gasteiger partial charge in [-0.3, -0.25) is 4.79 Å². The molecule has 0 bridgehead atoms. The van der Waals surface area contributed by atoms with Crippen LogP contribution in [-0.4, -0.2) is 21.2 Å². The van der Waals surface area contributed by atoms with Crippen molar-refractivity contribution >= 4 is 23.4 Å². The molecule has 3 aromatic rings. The number of hydrogen-bond donors (Lipinski definition) is 1. The first kappa shape index (κ1) is 16.3. The topological polar surface area (TPSA) is 46.9 Å². The lowest BCUT2D eigenvalue weighted by Gasteiger charge is -2.15. The SMILES string of the molecule is CC(CSc1ccccc1)C(=O)Nc1ccccc1-n1ccnc1. The molecule has 1 unspecified atom stereocenters. The molecule has 24 heavy (non-hydrogen) atoms. The number of anilines is 1. The number of imidazole rings is 1. The summed E-state index contributed by atoms with van der Waals surface area (Å²) in [5.74, 6) is 0.667. The Hall–Kier alpha value is -2.53. The summed E-state index contributed by atoms with van der Waals surface area (Å²) < 4.78 is 1.89. The van der Waals surface area contributed by atoms with E-state index in [-0.39, 0.29) is 11.8 Å². The summed E-state index contributed by atoms with van der Waals surface area (Å²) in [7, 11) is 0. The molecule has 3 rings (SSSR count). The van der Waals surface area contributed by atoms with E-state index in [0.717, 1.165) is 17.1 Å². The van der Waals surface area contributed by atoms with Gasteiger partial charge in [-0.25, -0.2) is 4.98 Å². The van der Waals surface area contributed by atoms with Crippen LogP contribution in [0.5, 0.6) is 0 Å². The van der Waals surface area contributed by atoms with Crippen molar-refractivity contribution in [2.24, 2.45) is 5.92 Å². The zero-order chi connectivity index (χ0) is 16.8. The maximum absolute atomic E-state index is 12.5. The fraction of sp³-hybridized carbons (Fsp3) is 0.158. The average Bonchev–Trinajstić information content (AvgIpc) is 3.15. The Morgan fingerprint density at radius 2 is 1.92 bits per heavy atom. The highest BCUT2D eigenvalue weighted by Gasteiger charge is 2.15. The second kappa shape index (κ2) is 7.84. The summed E-state index contributed by atoms with van der Waals surface area (Å²) >= 11 is 1.69. The molecular weight excluding hydrogens is 318 g/mol. The molecule has 1 amide bonds. The molecule has 0 aliphatic heterocycles. The molecule has 0 saturated heterocycles. The van der Waals surface area contributed by atoms with Crippen molar-refractivity contribution in [3.63, 3.8) is 0 Å². The van der Waals surface area contributed by atoms with Crippen molar-refractivity contribution in [2.45, 2.75) is 11.8 Å². The quantitative estimate of drug-likeness (QED) is 0.684. The van der Waals surface area contributed by atoms with E-state index in [0.29, 0.717) is 0 Å². The van der Waals surface area contributed by atoms with Gasteiger partial charge in [0.15, 0.2) is 0 Å². The van der Waals surface area contributed by atoms with E-state index in [1.165, 1.54) is 4.90 Å². The monoisotopic (exact) mass is 337 g/mol. The number of rotatable bonds is 6. The third-order valence-electron chi connectivity index (χ3n) is 3.64. The van der Waals surface area contributed by atoms with Gasteiger partial charge in [-0.2, -0.15) is 0 Å². The number of thioether (sulfide) groups is 1. The third kappa shape index (κ3) is 4.06. The minimum Gasteiger partial charge on any atom is -0.324 e. The molecule has 5 heteroatoms. The summed E-state index contributed by atoms with van der Waals surface area (Å²) in [6.07, 6.45) is 5.30. The number of para-hydroxylation sites is 2. The van der Waals surface area contributed by atoms with Crippen LogP contribution in [0.1, 0.15) is 6.92 Å². The minimum absolute atomic E-state index is 0.0194. The highest BCUT2D eigenvalue weighted by Crippen LogP contribution is 2.23. The minimum atomic E-state index is -0.0916. The van der Waals surface area contributed by atoms with E-state index in [2.05, 4.69) is 22.4 Å². The Morgan fingerprint density at radius 1 is 1.17 bits per heavy atom. The van der Waals surface area contributed by atoms with Crippen molar-refractivity contribution < 1.29 is 4.79 Å². The van der Waals surface area contributed by atoms with Crippen LogP contribution in [0.25, 0.3) is 5.69 Å². The third-order valence-corrected chi connectivity index (χ3v) is 4.91.